The van der Waals surface area contributed by atoms with Crippen LogP contribution in [0.15, 0.2) is 59.0 Å². The number of fused-ring (bicyclic) bond motifs is 1. The molecule has 0 fully saturated rings. The van der Waals surface area contributed by atoms with E-state index in [1.807, 2.05) is 12.1 Å². The molecule has 0 spiro atoms. The molecule has 1 heterocycles. The van der Waals surface area contributed by atoms with Crippen molar-refractivity contribution < 1.29 is 23.5 Å². The van der Waals surface area contributed by atoms with Crippen molar-refractivity contribution >= 4 is 34.3 Å². The van der Waals surface area contributed by atoms with E-state index in [-0.39, 0.29) is 17.7 Å². The van der Waals surface area contributed by atoms with Gasteiger partial charge in [-0.3, -0.25) is 9.59 Å². The molecular weight excluding hydrogens is 348 g/mol. The van der Waals surface area contributed by atoms with E-state index >= 15 is 0 Å². The molecule has 0 saturated carbocycles. The SMILES string of the molecule is N#CCC(=O)Nc1ccc(C(=O)OCC(=O)c2cc3ccccc3o2)cc1. The Balaban J connectivity index is 1.57. The number of rotatable bonds is 6. The van der Waals surface area contributed by atoms with Crippen LogP contribution in [0.2, 0.25) is 0 Å². The highest BCUT2D eigenvalue weighted by Gasteiger charge is 2.15. The predicted molar refractivity (Wildman–Crippen MR) is 96.1 cm³/mol. The van der Waals surface area contributed by atoms with Gasteiger partial charge in [0.25, 0.3) is 0 Å². The zero-order valence-electron chi connectivity index (χ0n) is 14.1. The van der Waals surface area contributed by atoms with Gasteiger partial charge in [-0.2, -0.15) is 5.26 Å². The van der Waals surface area contributed by atoms with Crippen LogP contribution < -0.4 is 5.32 Å². The number of ether oxygens (including phenoxy) is 1. The number of nitriles is 1. The van der Waals surface area contributed by atoms with E-state index in [9.17, 15) is 14.4 Å². The molecule has 0 aliphatic heterocycles. The highest BCUT2D eigenvalue weighted by atomic mass is 16.5. The van der Waals surface area contributed by atoms with Gasteiger partial charge in [-0.15, -0.1) is 0 Å². The van der Waals surface area contributed by atoms with E-state index in [2.05, 4.69) is 5.32 Å². The van der Waals surface area contributed by atoms with Gasteiger partial charge in [-0.1, -0.05) is 18.2 Å². The highest BCUT2D eigenvalue weighted by Crippen LogP contribution is 2.19. The normalized spacial score (nSPS) is 10.2. The number of anilines is 1. The summed E-state index contributed by atoms with van der Waals surface area (Å²) in [7, 11) is 0. The Kier molecular flexibility index (Phi) is 5.28. The van der Waals surface area contributed by atoms with Gasteiger partial charge in [0.1, 0.15) is 12.0 Å². The highest BCUT2D eigenvalue weighted by molar-refractivity contribution is 6.00. The molecule has 7 nitrogen and oxygen atoms in total. The molecule has 0 aliphatic rings. The van der Waals surface area contributed by atoms with E-state index < -0.39 is 24.3 Å². The Hall–Kier alpha value is -3.92. The first kappa shape index (κ1) is 17.9. The Morgan fingerprint density at radius 2 is 1.81 bits per heavy atom. The number of carbonyl (C=O) groups is 3. The van der Waals surface area contributed by atoms with Crippen LogP contribution in [0.1, 0.15) is 27.3 Å². The third kappa shape index (κ3) is 4.38. The molecule has 3 aromatic rings. The number of carbonyl (C=O) groups excluding carboxylic acids is 3. The molecule has 1 aromatic heterocycles. The van der Waals surface area contributed by atoms with Crippen LogP contribution >= 0.6 is 0 Å². The van der Waals surface area contributed by atoms with Gasteiger partial charge in [0.05, 0.1) is 11.6 Å². The fourth-order valence-electron chi connectivity index (χ4n) is 2.37. The number of hydrogen-bond acceptors (Lipinski definition) is 6. The smallest absolute Gasteiger partial charge is 0.338 e. The summed E-state index contributed by atoms with van der Waals surface area (Å²) in [6.07, 6.45) is -0.256. The summed E-state index contributed by atoms with van der Waals surface area (Å²) in [5.41, 5.74) is 1.26. The quantitative estimate of drug-likeness (QED) is 0.532. The summed E-state index contributed by atoms with van der Waals surface area (Å²) in [4.78, 5) is 35.5. The molecule has 1 amide bonds. The van der Waals surface area contributed by atoms with E-state index in [0.717, 1.165) is 5.39 Å². The molecule has 0 unspecified atom stereocenters. The van der Waals surface area contributed by atoms with Crippen molar-refractivity contribution in [1.29, 1.82) is 5.26 Å². The van der Waals surface area contributed by atoms with Gasteiger partial charge >= 0.3 is 5.97 Å². The maximum atomic E-state index is 12.1. The summed E-state index contributed by atoms with van der Waals surface area (Å²) in [5, 5.41) is 11.8. The third-order valence-electron chi connectivity index (χ3n) is 3.68. The second-order valence-corrected chi connectivity index (χ2v) is 5.61. The van der Waals surface area contributed by atoms with E-state index in [1.165, 1.54) is 24.3 Å². The maximum Gasteiger partial charge on any atom is 0.338 e. The van der Waals surface area contributed by atoms with Crippen LogP contribution in [-0.2, 0) is 9.53 Å². The van der Waals surface area contributed by atoms with Crippen molar-refractivity contribution in [2.75, 3.05) is 11.9 Å². The molecule has 0 aliphatic carbocycles. The third-order valence-corrected chi connectivity index (χ3v) is 3.68. The Morgan fingerprint density at radius 3 is 2.52 bits per heavy atom. The molecule has 0 atom stereocenters. The number of esters is 1. The lowest BCUT2D eigenvalue weighted by Gasteiger charge is -2.05. The number of Topliss-reactive ketones (excluding diaryl/α,β-unsaturated/α-hetero) is 1. The van der Waals surface area contributed by atoms with Crippen molar-refractivity contribution in [1.82, 2.24) is 0 Å². The summed E-state index contributed by atoms with van der Waals surface area (Å²) < 4.78 is 10.5. The molecular formula is C20H14N2O5. The largest absolute Gasteiger partial charge is 0.454 e. The minimum absolute atomic E-state index is 0.125. The van der Waals surface area contributed by atoms with E-state index in [1.54, 1.807) is 24.3 Å². The van der Waals surface area contributed by atoms with Crippen LogP contribution in [0.25, 0.3) is 11.0 Å². The Morgan fingerprint density at radius 1 is 1.07 bits per heavy atom. The van der Waals surface area contributed by atoms with Crippen molar-refractivity contribution in [2.24, 2.45) is 0 Å². The number of nitrogens with one attached hydrogen (secondary N) is 1. The van der Waals surface area contributed by atoms with E-state index in [4.69, 9.17) is 14.4 Å². The van der Waals surface area contributed by atoms with Crippen LogP contribution in [0.4, 0.5) is 5.69 Å². The van der Waals surface area contributed by atoms with Crippen LogP contribution in [0, 0.1) is 11.3 Å². The molecule has 0 radical (unpaired) electrons. The fourth-order valence-corrected chi connectivity index (χ4v) is 2.37. The first-order valence-corrected chi connectivity index (χ1v) is 8.02. The molecule has 7 heteroatoms. The number of ketones is 1. The number of benzene rings is 2. The molecule has 134 valence electrons. The van der Waals surface area contributed by atoms with Gasteiger partial charge in [-0.25, -0.2) is 4.79 Å². The standard InChI is InChI=1S/C20H14N2O5/c21-10-9-19(24)22-15-7-5-13(6-8-15)20(25)26-12-16(23)18-11-14-3-1-2-4-17(14)27-18/h1-8,11H,9,12H2,(H,22,24). The lowest BCUT2D eigenvalue weighted by atomic mass is 10.2. The molecule has 0 saturated heterocycles. The summed E-state index contributed by atoms with van der Waals surface area (Å²) >= 11 is 0. The van der Waals surface area contributed by atoms with Crippen molar-refractivity contribution in [3.05, 3.63) is 65.9 Å². The second kappa shape index (κ2) is 7.97. The number of amides is 1. The Labute approximate surface area is 154 Å². The van der Waals surface area contributed by atoms with Gasteiger partial charge in [0.15, 0.2) is 12.4 Å². The number of furan rings is 1. The van der Waals surface area contributed by atoms with Gasteiger partial charge < -0.3 is 14.5 Å². The van der Waals surface area contributed by atoms with Crippen molar-refractivity contribution in [2.45, 2.75) is 6.42 Å². The predicted octanol–water partition coefficient (Wildman–Crippen LogP) is 3.32. The van der Waals surface area contributed by atoms with Crippen LogP contribution in [0.3, 0.4) is 0 Å². The second-order valence-electron chi connectivity index (χ2n) is 5.61. The number of para-hydroxylation sites is 1. The monoisotopic (exact) mass is 362 g/mol. The Bertz CT molecular complexity index is 1010. The van der Waals surface area contributed by atoms with Crippen LogP contribution in [-0.4, -0.2) is 24.3 Å². The topological polar surface area (TPSA) is 109 Å². The maximum absolute atomic E-state index is 12.1. The minimum atomic E-state index is -0.672. The average molecular weight is 362 g/mol. The molecule has 0 bridgehead atoms. The van der Waals surface area contributed by atoms with Crippen molar-refractivity contribution in [3.8, 4) is 6.07 Å². The average Bonchev–Trinajstić information content (AvgIpc) is 3.11. The summed E-state index contributed by atoms with van der Waals surface area (Å²) in [5.74, 6) is -1.43. The summed E-state index contributed by atoms with van der Waals surface area (Å²) in [6, 6.07) is 16.5. The first-order valence-electron chi connectivity index (χ1n) is 8.02. The molecule has 27 heavy (non-hydrogen) atoms. The van der Waals surface area contributed by atoms with Gasteiger partial charge in [0.2, 0.25) is 11.7 Å². The number of nitrogens with zero attached hydrogens (tertiary/aromatic N) is 1. The lowest BCUT2D eigenvalue weighted by Crippen LogP contribution is -2.14. The molecule has 3 rings (SSSR count). The molecule has 2 aromatic carbocycles. The first-order chi connectivity index (χ1) is 13.1. The number of hydrogen-bond donors (Lipinski definition) is 1. The van der Waals surface area contributed by atoms with Crippen LogP contribution in [0.5, 0.6) is 0 Å². The zero-order valence-corrected chi connectivity index (χ0v) is 14.1. The fraction of sp³-hybridized carbons (Fsp3) is 0.100. The zero-order chi connectivity index (χ0) is 19.2. The van der Waals surface area contributed by atoms with E-state index in [0.29, 0.717) is 11.3 Å². The summed E-state index contributed by atoms with van der Waals surface area (Å²) in [6.45, 7) is -0.445. The minimum Gasteiger partial charge on any atom is -0.454 e. The lowest BCUT2D eigenvalue weighted by molar-refractivity contribution is -0.115. The van der Waals surface area contributed by atoms with Gasteiger partial charge in [-0.05, 0) is 36.4 Å². The van der Waals surface area contributed by atoms with Crippen molar-refractivity contribution in [3.63, 3.8) is 0 Å². The van der Waals surface area contributed by atoms with Gasteiger partial charge in [0, 0.05) is 11.1 Å². The molecule has 1 N–H and O–H groups in total.